The Labute approximate surface area is 170 Å². The van der Waals surface area contributed by atoms with E-state index in [0.29, 0.717) is 12.2 Å². The first-order valence-electron chi connectivity index (χ1n) is 8.52. The minimum atomic E-state index is -0.601. The Balaban J connectivity index is 2.02. The summed E-state index contributed by atoms with van der Waals surface area (Å²) in [4.78, 5) is 29.0. The lowest BCUT2D eigenvalue weighted by Gasteiger charge is -2.30. The quantitative estimate of drug-likeness (QED) is 0.234. The van der Waals surface area contributed by atoms with Gasteiger partial charge in [0.25, 0.3) is 5.69 Å². The molecule has 7 nitrogen and oxygen atoms in total. The monoisotopic (exact) mass is 415 g/mol. The largest absolute Gasteiger partial charge is 0.459 e. The van der Waals surface area contributed by atoms with Gasteiger partial charge in [0.2, 0.25) is 0 Å². The van der Waals surface area contributed by atoms with Gasteiger partial charge in [-0.15, -0.1) is 11.3 Å². The number of thiocarbonyl (C=S) groups is 1. The molecule has 144 valence electrons. The summed E-state index contributed by atoms with van der Waals surface area (Å²) in [5.41, 5.74) is 1.50. The van der Waals surface area contributed by atoms with E-state index in [1.807, 2.05) is 36.1 Å². The van der Waals surface area contributed by atoms with E-state index in [2.05, 4.69) is 17.2 Å². The smallest absolute Gasteiger partial charge is 0.341 e. The number of hydrogen-bond donors (Lipinski definition) is 0. The highest BCUT2D eigenvalue weighted by molar-refractivity contribution is 7.80. The Hall–Kier alpha value is -2.91. The molecule has 0 aliphatic carbocycles. The van der Waals surface area contributed by atoms with E-state index < -0.39 is 16.9 Å². The zero-order valence-corrected chi connectivity index (χ0v) is 16.6. The number of ether oxygens (including phenoxy) is 1. The molecule has 0 spiro atoms. The molecule has 1 atom stereocenters. The summed E-state index contributed by atoms with van der Waals surface area (Å²) in [7, 11) is 0. The number of nitro groups is 1. The number of carbonyl (C=O) groups is 1. The van der Waals surface area contributed by atoms with Gasteiger partial charge in [0, 0.05) is 24.4 Å². The van der Waals surface area contributed by atoms with E-state index in [-0.39, 0.29) is 12.3 Å². The lowest BCUT2D eigenvalue weighted by Crippen LogP contribution is -2.32. The van der Waals surface area contributed by atoms with Crippen molar-refractivity contribution in [2.45, 2.75) is 13.0 Å². The summed E-state index contributed by atoms with van der Waals surface area (Å²) in [6, 6.07) is 13.7. The Bertz CT molecular complexity index is 988. The second-order valence-electron chi connectivity index (χ2n) is 5.85. The van der Waals surface area contributed by atoms with Gasteiger partial charge >= 0.3 is 5.97 Å². The maximum absolute atomic E-state index is 11.6. The van der Waals surface area contributed by atoms with Gasteiger partial charge in [0.05, 0.1) is 20.5 Å². The lowest BCUT2D eigenvalue weighted by atomic mass is 10.2. The van der Waals surface area contributed by atoms with Crippen molar-refractivity contribution in [3.8, 4) is 0 Å². The van der Waals surface area contributed by atoms with Crippen LogP contribution in [0.2, 0.25) is 0 Å². The zero-order valence-electron chi connectivity index (χ0n) is 15.0. The van der Waals surface area contributed by atoms with E-state index >= 15 is 0 Å². The molecule has 3 aromatic rings. The van der Waals surface area contributed by atoms with Crippen LogP contribution < -0.4 is 4.90 Å². The van der Waals surface area contributed by atoms with Gasteiger partial charge in [-0.1, -0.05) is 30.4 Å². The Kier molecular flexibility index (Phi) is 6.27. The molecule has 0 saturated heterocycles. The molecule has 0 fully saturated rings. The van der Waals surface area contributed by atoms with Crippen molar-refractivity contribution in [3.05, 3.63) is 63.7 Å². The molecule has 0 bridgehead atoms. The number of thiazole rings is 1. The van der Waals surface area contributed by atoms with Crippen molar-refractivity contribution in [3.63, 3.8) is 0 Å². The first-order chi connectivity index (χ1) is 13.5. The minimum absolute atomic E-state index is 0.00474. The highest BCUT2D eigenvalue weighted by Gasteiger charge is 2.26. The number of rotatable bonds is 8. The number of esters is 1. The molecule has 0 N–H and O–H groups in total. The molecular weight excluding hydrogens is 398 g/mol. The third kappa shape index (κ3) is 4.32. The van der Waals surface area contributed by atoms with Crippen LogP contribution in [0.15, 0.2) is 48.5 Å². The van der Waals surface area contributed by atoms with Gasteiger partial charge in [0.15, 0.2) is 0 Å². The molecule has 3 rings (SSSR count). The summed E-state index contributed by atoms with van der Waals surface area (Å²) < 4.78 is 6.29. The SMILES string of the molecule is CCN(c1cccc([N+](=O)[O-])c1)C(COC(=O)C=S)c1nc2ccccc2s1. The number of hydrogen-bond acceptors (Lipinski definition) is 8. The van der Waals surface area contributed by atoms with Crippen LogP contribution in [0, 0.1) is 10.1 Å². The molecule has 0 aliphatic heterocycles. The average Bonchev–Trinajstić information content (AvgIpc) is 3.14. The lowest BCUT2D eigenvalue weighted by molar-refractivity contribution is -0.384. The van der Waals surface area contributed by atoms with Gasteiger partial charge in [-0.05, 0) is 25.1 Å². The summed E-state index contributed by atoms with van der Waals surface area (Å²) in [5, 5.41) is 12.9. The van der Waals surface area contributed by atoms with E-state index in [1.165, 1.54) is 23.5 Å². The second kappa shape index (κ2) is 8.85. The molecule has 1 unspecified atom stereocenters. The van der Waals surface area contributed by atoms with Crippen LogP contribution in [0.1, 0.15) is 18.0 Å². The van der Waals surface area contributed by atoms with Crippen LogP contribution in [0.5, 0.6) is 0 Å². The fraction of sp³-hybridized carbons (Fsp3) is 0.211. The minimum Gasteiger partial charge on any atom is -0.459 e. The number of carbonyl (C=O) groups excluding carboxylic acids is 1. The van der Waals surface area contributed by atoms with Gasteiger partial charge < -0.3 is 9.64 Å². The van der Waals surface area contributed by atoms with Crippen molar-refractivity contribution in [1.82, 2.24) is 4.98 Å². The second-order valence-corrected chi connectivity index (χ2v) is 7.14. The number of likely N-dealkylation sites (N-methyl/N-ethyl adjacent to an activating group) is 1. The highest BCUT2D eigenvalue weighted by Crippen LogP contribution is 2.34. The predicted molar refractivity (Wildman–Crippen MR) is 113 cm³/mol. The van der Waals surface area contributed by atoms with Gasteiger partial charge in [-0.2, -0.15) is 0 Å². The fourth-order valence-corrected chi connectivity index (χ4v) is 4.02. The normalized spacial score (nSPS) is 11.8. The molecule has 0 saturated carbocycles. The number of nitro benzene ring substituents is 1. The third-order valence-electron chi connectivity index (χ3n) is 4.16. The number of nitrogens with zero attached hydrogens (tertiary/aromatic N) is 3. The van der Waals surface area contributed by atoms with Gasteiger partial charge in [0.1, 0.15) is 17.7 Å². The molecule has 2 aromatic carbocycles. The average molecular weight is 415 g/mol. The van der Waals surface area contributed by atoms with Crippen LogP contribution >= 0.6 is 23.6 Å². The van der Waals surface area contributed by atoms with Crippen molar-refractivity contribution in [2.24, 2.45) is 0 Å². The Morgan fingerprint density at radius 1 is 1.36 bits per heavy atom. The topological polar surface area (TPSA) is 85.6 Å². The molecule has 1 aromatic heterocycles. The molecule has 0 aliphatic rings. The van der Waals surface area contributed by atoms with E-state index in [0.717, 1.165) is 20.6 Å². The standard InChI is InChI=1S/C19H17N3O4S2/c1-2-21(13-6-5-7-14(10-13)22(24)25)16(11-26-18(23)12-27)19-20-15-8-3-4-9-17(15)28-19/h3-10,12,16H,2,11H2,1H3. The number of non-ortho nitro benzene ring substituents is 1. The molecule has 28 heavy (non-hydrogen) atoms. The fourth-order valence-electron chi connectivity index (χ4n) is 2.89. The number of fused-ring (bicyclic) bond motifs is 1. The number of para-hydroxylation sites is 1. The van der Waals surface area contributed by atoms with Crippen LogP contribution in [0.25, 0.3) is 10.2 Å². The molecule has 1 heterocycles. The third-order valence-corrected chi connectivity index (χ3v) is 5.49. The van der Waals surface area contributed by atoms with Crippen molar-refractivity contribution in [1.29, 1.82) is 0 Å². The van der Waals surface area contributed by atoms with E-state index in [9.17, 15) is 14.9 Å². The summed E-state index contributed by atoms with van der Waals surface area (Å²) in [6.45, 7) is 2.50. The van der Waals surface area contributed by atoms with Crippen LogP contribution in [0.4, 0.5) is 11.4 Å². The number of aromatic nitrogens is 1. The summed E-state index contributed by atoms with van der Waals surface area (Å²) in [5.74, 6) is -0.601. The maximum Gasteiger partial charge on any atom is 0.341 e. The van der Waals surface area contributed by atoms with Crippen LogP contribution in [0.3, 0.4) is 0 Å². The maximum atomic E-state index is 11.6. The molecular formula is C19H17N3O4S2. The number of anilines is 1. The Morgan fingerprint density at radius 3 is 2.82 bits per heavy atom. The first kappa shape index (κ1) is 19.8. The van der Waals surface area contributed by atoms with E-state index in [1.54, 1.807) is 12.1 Å². The molecule has 0 radical (unpaired) electrons. The predicted octanol–water partition coefficient (Wildman–Crippen LogP) is 4.32. The van der Waals surface area contributed by atoms with Gasteiger partial charge in [-0.3, -0.25) is 10.1 Å². The van der Waals surface area contributed by atoms with Crippen molar-refractivity contribution in [2.75, 3.05) is 18.1 Å². The zero-order chi connectivity index (χ0) is 20.1. The van der Waals surface area contributed by atoms with Crippen LogP contribution in [-0.2, 0) is 9.53 Å². The van der Waals surface area contributed by atoms with Crippen molar-refractivity contribution < 1.29 is 14.5 Å². The first-order valence-corrected chi connectivity index (χ1v) is 9.80. The van der Waals surface area contributed by atoms with E-state index in [4.69, 9.17) is 4.74 Å². The Morgan fingerprint density at radius 2 is 2.14 bits per heavy atom. The summed E-state index contributed by atoms with van der Waals surface area (Å²) >= 11 is 6.13. The highest BCUT2D eigenvalue weighted by atomic mass is 32.1. The van der Waals surface area contributed by atoms with Crippen LogP contribution in [-0.4, -0.2) is 34.4 Å². The van der Waals surface area contributed by atoms with Crippen molar-refractivity contribution >= 4 is 56.5 Å². The molecule has 9 heteroatoms. The molecule has 0 amide bonds. The summed E-state index contributed by atoms with van der Waals surface area (Å²) in [6.07, 6.45) is 0. The van der Waals surface area contributed by atoms with Gasteiger partial charge in [-0.25, -0.2) is 9.78 Å². The number of benzene rings is 2.